The molecule has 0 radical (unpaired) electrons. The predicted octanol–water partition coefficient (Wildman–Crippen LogP) is 2.14. The van der Waals surface area contributed by atoms with Crippen molar-refractivity contribution in [2.75, 3.05) is 11.9 Å². The second-order valence-electron chi connectivity index (χ2n) is 3.76. The van der Waals surface area contributed by atoms with Crippen LogP contribution in [0.1, 0.15) is 16.2 Å². The molecule has 0 fully saturated rings. The predicted molar refractivity (Wildman–Crippen MR) is 66.7 cm³/mol. The molecule has 0 bridgehead atoms. The van der Waals surface area contributed by atoms with Gasteiger partial charge in [0.2, 0.25) is 5.76 Å². The van der Waals surface area contributed by atoms with Gasteiger partial charge in [0.1, 0.15) is 11.8 Å². The molecule has 1 heterocycles. The highest BCUT2D eigenvalue weighted by molar-refractivity contribution is 6.02. The third kappa shape index (κ3) is 3.33. The Balaban J connectivity index is 2.06. The van der Waals surface area contributed by atoms with Gasteiger partial charge in [-0.3, -0.25) is 4.79 Å². The summed E-state index contributed by atoms with van der Waals surface area (Å²) in [6, 6.07) is 10.2. The highest BCUT2D eigenvalue weighted by Gasteiger charge is 2.11. The van der Waals surface area contributed by atoms with Gasteiger partial charge in [-0.15, -0.1) is 0 Å². The first-order valence-corrected chi connectivity index (χ1v) is 5.53. The van der Waals surface area contributed by atoms with Crippen LogP contribution in [-0.4, -0.2) is 17.7 Å². The third-order valence-corrected chi connectivity index (χ3v) is 2.25. The minimum absolute atomic E-state index is 0.0430. The van der Waals surface area contributed by atoms with Crippen LogP contribution in [0.25, 0.3) is 0 Å². The summed E-state index contributed by atoms with van der Waals surface area (Å²) < 4.78 is 10.00. The number of nitrogens with zero attached hydrogens (tertiary/aromatic N) is 2. The van der Waals surface area contributed by atoms with E-state index in [2.05, 4.69) is 10.5 Å². The van der Waals surface area contributed by atoms with Gasteiger partial charge in [-0.25, -0.2) is 0 Å². The standard InChI is InChI=1S/C13H11N3O3/c1-9-7-12(19-16-9)13(17)15-10-3-2-4-11(8-10)18-6-5-14/h2-4,7-8H,6H2,1H3,(H,15,17). The monoisotopic (exact) mass is 257 g/mol. The highest BCUT2D eigenvalue weighted by Crippen LogP contribution is 2.18. The van der Waals surface area contributed by atoms with Crippen LogP contribution in [0.15, 0.2) is 34.9 Å². The van der Waals surface area contributed by atoms with Gasteiger partial charge in [0.05, 0.1) is 5.69 Å². The molecule has 1 N–H and O–H groups in total. The maximum absolute atomic E-state index is 11.8. The summed E-state index contributed by atoms with van der Waals surface area (Å²) in [4.78, 5) is 11.8. The van der Waals surface area contributed by atoms with Gasteiger partial charge < -0.3 is 14.6 Å². The van der Waals surface area contributed by atoms with Crippen LogP contribution in [0.2, 0.25) is 0 Å². The molecule has 19 heavy (non-hydrogen) atoms. The number of ether oxygens (including phenoxy) is 1. The normalized spacial score (nSPS) is 9.68. The second kappa shape index (κ2) is 5.69. The Hall–Kier alpha value is -2.81. The highest BCUT2D eigenvalue weighted by atomic mass is 16.5. The van der Waals surface area contributed by atoms with Crippen LogP contribution in [0.4, 0.5) is 5.69 Å². The molecule has 1 aromatic heterocycles. The molecule has 1 amide bonds. The summed E-state index contributed by atoms with van der Waals surface area (Å²) in [6.45, 7) is 1.69. The average Bonchev–Trinajstić information content (AvgIpc) is 2.83. The molecule has 2 rings (SSSR count). The minimum atomic E-state index is -0.391. The lowest BCUT2D eigenvalue weighted by atomic mass is 10.3. The van der Waals surface area contributed by atoms with E-state index in [0.29, 0.717) is 17.1 Å². The zero-order valence-electron chi connectivity index (χ0n) is 10.2. The zero-order chi connectivity index (χ0) is 13.7. The number of nitrogens with one attached hydrogen (secondary N) is 1. The van der Waals surface area contributed by atoms with E-state index < -0.39 is 5.91 Å². The Bertz CT molecular complexity index is 628. The van der Waals surface area contributed by atoms with Gasteiger partial charge in [-0.2, -0.15) is 5.26 Å². The molecule has 0 saturated carbocycles. The Kier molecular flexibility index (Phi) is 3.78. The van der Waals surface area contributed by atoms with E-state index in [1.54, 1.807) is 37.3 Å². The van der Waals surface area contributed by atoms with Crippen LogP contribution in [0.3, 0.4) is 0 Å². The third-order valence-electron chi connectivity index (χ3n) is 2.25. The number of nitriles is 1. The summed E-state index contributed by atoms with van der Waals surface area (Å²) in [5, 5.41) is 14.7. The summed E-state index contributed by atoms with van der Waals surface area (Å²) in [7, 11) is 0. The van der Waals surface area contributed by atoms with Crippen LogP contribution < -0.4 is 10.1 Å². The molecule has 0 aliphatic carbocycles. The number of rotatable bonds is 4. The fourth-order valence-corrected chi connectivity index (χ4v) is 1.44. The summed E-state index contributed by atoms with van der Waals surface area (Å²) in [5.74, 6) is 0.256. The lowest BCUT2D eigenvalue weighted by Crippen LogP contribution is -2.10. The van der Waals surface area contributed by atoms with Gasteiger partial charge in [0, 0.05) is 17.8 Å². The Morgan fingerprint density at radius 2 is 2.37 bits per heavy atom. The van der Waals surface area contributed by atoms with Crippen LogP contribution in [0.5, 0.6) is 5.75 Å². The molecule has 6 nitrogen and oxygen atoms in total. The SMILES string of the molecule is Cc1cc(C(=O)Nc2cccc(OCC#N)c2)on1. The van der Waals surface area contributed by atoms with Crippen molar-refractivity contribution < 1.29 is 14.1 Å². The number of carbonyl (C=O) groups excluding carboxylic acids is 1. The summed E-state index contributed by atoms with van der Waals surface area (Å²) in [5.41, 5.74) is 1.19. The molecule has 6 heteroatoms. The molecule has 0 atom stereocenters. The van der Waals surface area contributed by atoms with E-state index in [0.717, 1.165) is 0 Å². The quantitative estimate of drug-likeness (QED) is 0.906. The van der Waals surface area contributed by atoms with Crippen molar-refractivity contribution >= 4 is 11.6 Å². The molecule has 96 valence electrons. The Morgan fingerprint density at radius 3 is 3.05 bits per heavy atom. The Morgan fingerprint density at radius 1 is 1.53 bits per heavy atom. The number of aromatic nitrogens is 1. The van der Waals surface area contributed by atoms with E-state index >= 15 is 0 Å². The van der Waals surface area contributed by atoms with Gasteiger partial charge in [0.15, 0.2) is 6.61 Å². The Labute approximate surface area is 109 Å². The van der Waals surface area contributed by atoms with E-state index in [-0.39, 0.29) is 12.4 Å². The number of benzene rings is 1. The van der Waals surface area contributed by atoms with Gasteiger partial charge in [0.25, 0.3) is 5.91 Å². The number of anilines is 1. The number of hydrogen-bond donors (Lipinski definition) is 1. The van der Waals surface area contributed by atoms with Crippen molar-refractivity contribution in [2.45, 2.75) is 6.92 Å². The second-order valence-corrected chi connectivity index (χ2v) is 3.76. The van der Waals surface area contributed by atoms with Gasteiger partial charge >= 0.3 is 0 Å². The van der Waals surface area contributed by atoms with E-state index in [9.17, 15) is 4.79 Å². The minimum Gasteiger partial charge on any atom is -0.479 e. The van der Waals surface area contributed by atoms with Crippen molar-refractivity contribution in [2.24, 2.45) is 0 Å². The first kappa shape index (κ1) is 12.6. The first-order chi connectivity index (χ1) is 9.19. The van der Waals surface area contributed by atoms with Gasteiger partial charge in [-0.05, 0) is 19.1 Å². The summed E-state index contributed by atoms with van der Waals surface area (Å²) >= 11 is 0. The lowest BCUT2D eigenvalue weighted by Gasteiger charge is -2.05. The number of amides is 1. The van der Waals surface area contributed by atoms with E-state index in [1.165, 1.54) is 0 Å². The molecule has 0 aliphatic heterocycles. The maximum Gasteiger partial charge on any atom is 0.294 e. The maximum atomic E-state index is 11.8. The molecule has 0 spiro atoms. The topological polar surface area (TPSA) is 88.1 Å². The number of carbonyl (C=O) groups is 1. The van der Waals surface area contributed by atoms with Crippen LogP contribution >= 0.6 is 0 Å². The average molecular weight is 257 g/mol. The van der Waals surface area contributed by atoms with Crippen LogP contribution in [0, 0.1) is 18.3 Å². The fraction of sp³-hybridized carbons (Fsp3) is 0.154. The lowest BCUT2D eigenvalue weighted by molar-refractivity contribution is 0.0988. The molecule has 0 unspecified atom stereocenters. The van der Waals surface area contributed by atoms with Gasteiger partial charge in [-0.1, -0.05) is 11.2 Å². The first-order valence-electron chi connectivity index (χ1n) is 5.53. The number of aryl methyl sites for hydroxylation is 1. The van der Waals surface area contributed by atoms with Crippen molar-refractivity contribution in [1.29, 1.82) is 5.26 Å². The largest absolute Gasteiger partial charge is 0.479 e. The molecule has 2 aromatic rings. The molecule has 0 aliphatic rings. The molecule has 1 aromatic carbocycles. The molecule has 0 saturated heterocycles. The van der Waals surface area contributed by atoms with E-state index in [1.807, 2.05) is 6.07 Å². The van der Waals surface area contributed by atoms with Crippen molar-refractivity contribution in [3.05, 3.63) is 41.8 Å². The van der Waals surface area contributed by atoms with Crippen molar-refractivity contribution in [3.63, 3.8) is 0 Å². The smallest absolute Gasteiger partial charge is 0.294 e. The molecular weight excluding hydrogens is 246 g/mol. The number of hydrogen-bond acceptors (Lipinski definition) is 5. The molecular formula is C13H11N3O3. The van der Waals surface area contributed by atoms with Crippen molar-refractivity contribution in [1.82, 2.24) is 5.16 Å². The van der Waals surface area contributed by atoms with Crippen LogP contribution in [-0.2, 0) is 0 Å². The zero-order valence-corrected chi connectivity index (χ0v) is 10.2. The van der Waals surface area contributed by atoms with E-state index in [4.69, 9.17) is 14.5 Å². The summed E-state index contributed by atoms with van der Waals surface area (Å²) in [6.07, 6.45) is 0. The van der Waals surface area contributed by atoms with Crippen molar-refractivity contribution in [3.8, 4) is 11.8 Å². The fourth-order valence-electron chi connectivity index (χ4n) is 1.44.